The number of aromatic hydroxyl groups is 3. The molecule has 0 radical (unpaired) electrons. The summed E-state index contributed by atoms with van der Waals surface area (Å²) in [5, 5.41) is 28.4. The number of carbonyl (C=O) groups is 1. The third-order valence-corrected chi connectivity index (χ3v) is 2.99. The highest BCUT2D eigenvalue weighted by molar-refractivity contribution is 5.85. The molecule has 0 amide bonds. The largest absolute Gasteiger partial charge is 0.504 e. The summed E-state index contributed by atoms with van der Waals surface area (Å²) in [6, 6.07) is 1.65. The van der Waals surface area contributed by atoms with Crippen LogP contribution >= 0.6 is 12.4 Å². The average molecular weight is 292 g/mol. The standard InChI is InChI=1S/C12H17NO5.ClH/c1-12(2,11(17)18-3)10(13)6-4-5-7(14)9(16)8(6)15;/h4-5,10,14-16H,13H2,1-3H3;1H/t10-;/m0./s1. The summed E-state index contributed by atoms with van der Waals surface area (Å²) in [4.78, 5) is 11.6. The van der Waals surface area contributed by atoms with Crippen LogP contribution in [0, 0.1) is 5.41 Å². The minimum atomic E-state index is -1.09. The van der Waals surface area contributed by atoms with Gasteiger partial charge in [0.05, 0.1) is 12.5 Å². The number of methoxy groups -OCH3 is 1. The van der Waals surface area contributed by atoms with Crippen molar-refractivity contribution in [3.8, 4) is 17.2 Å². The van der Waals surface area contributed by atoms with Crippen LogP contribution in [0.4, 0.5) is 0 Å². The maximum Gasteiger partial charge on any atom is 0.313 e. The van der Waals surface area contributed by atoms with E-state index < -0.39 is 34.7 Å². The highest BCUT2D eigenvalue weighted by atomic mass is 35.5. The predicted molar refractivity (Wildman–Crippen MR) is 71.4 cm³/mol. The van der Waals surface area contributed by atoms with Crippen LogP contribution in [0.5, 0.6) is 17.2 Å². The van der Waals surface area contributed by atoms with Gasteiger partial charge in [-0.15, -0.1) is 12.4 Å². The number of phenols is 3. The van der Waals surface area contributed by atoms with E-state index in [-0.39, 0.29) is 18.0 Å². The molecule has 0 fully saturated rings. The maximum atomic E-state index is 11.6. The Balaban J connectivity index is 0.00000324. The number of esters is 1. The minimum Gasteiger partial charge on any atom is -0.504 e. The fraction of sp³-hybridized carbons (Fsp3) is 0.417. The fourth-order valence-corrected chi connectivity index (χ4v) is 1.61. The van der Waals surface area contributed by atoms with E-state index in [4.69, 9.17) is 5.73 Å². The zero-order valence-corrected chi connectivity index (χ0v) is 11.7. The van der Waals surface area contributed by atoms with Gasteiger partial charge in [0.2, 0.25) is 5.75 Å². The van der Waals surface area contributed by atoms with Crippen molar-refractivity contribution in [3.05, 3.63) is 17.7 Å². The van der Waals surface area contributed by atoms with E-state index in [2.05, 4.69) is 4.74 Å². The van der Waals surface area contributed by atoms with E-state index in [1.165, 1.54) is 19.2 Å². The molecule has 0 spiro atoms. The summed E-state index contributed by atoms with van der Waals surface area (Å²) in [6.45, 7) is 3.12. The highest BCUT2D eigenvalue weighted by Gasteiger charge is 2.38. The van der Waals surface area contributed by atoms with E-state index >= 15 is 0 Å². The number of rotatable bonds is 3. The molecule has 0 aromatic heterocycles. The SMILES string of the molecule is COC(=O)C(C)(C)[C@@H](N)c1ccc(O)c(O)c1O.Cl. The van der Waals surface area contributed by atoms with Crippen LogP contribution in [0.15, 0.2) is 12.1 Å². The first kappa shape index (κ1) is 17.3. The quantitative estimate of drug-likeness (QED) is 0.495. The first-order valence-corrected chi connectivity index (χ1v) is 5.31. The summed E-state index contributed by atoms with van der Waals surface area (Å²) in [7, 11) is 1.24. The topological polar surface area (TPSA) is 113 Å². The van der Waals surface area contributed by atoms with Gasteiger partial charge in [-0.05, 0) is 26.0 Å². The van der Waals surface area contributed by atoms with Crippen molar-refractivity contribution in [2.24, 2.45) is 11.1 Å². The molecule has 0 saturated carbocycles. The van der Waals surface area contributed by atoms with Crippen LogP contribution in [-0.4, -0.2) is 28.4 Å². The van der Waals surface area contributed by atoms with Crippen molar-refractivity contribution < 1.29 is 24.9 Å². The smallest absolute Gasteiger partial charge is 0.313 e. The van der Waals surface area contributed by atoms with Gasteiger partial charge in [-0.2, -0.15) is 0 Å². The van der Waals surface area contributed by atoms with Gasteiger partial charge < -0.3 is 25.8 Å². The van der Waals surface area contributed by atoms with E-state index in [9.17, 15) is 20.1 Å². The van der Waals surface area contributed by atoms with Crippen molar-refractivity contribution in [3.63, 3.8) is 0 Å². The summed E-state index contributed by atoms with van der Waals surface area (Å²) in [5.41, 5.74) is 4.98. The van der Waals surface area contributed by atoms with Crippen molar-refractivity contribution in [2.75, 3.05) is 7.11 Å². The highest BCUT2D eigenvalue weighted by Crippen LogP contribution is 2.43. The second-order valence-corrected chi connectivity index (χ2v) is 4.56. The lowest BCUT2D eigenvalue weighted by atomic mass is 9.80. The summed E-state index contributed by atoms with van der Waals surface area (Å²) >= 11 is 0. The zero-order valence-electron chi connectivity index (χ0n) is 10.9. The Morgan fingerprint density at radius 2 is 1.79 bits per heavy atom. The minimum absolute atomic E-state index is 0. The van der Waals surface area contributed by atoms with Crippen LogP contribution in [0.1, 0.15) is 25.5 Å². The Morgan fingerprint density at radius 3 is 2.26 bits per heavy atom. The van der Waals surface area contributed by atoms with Gasteiger partial charge in [-0.1, -0.05) is 0 Å². The third kappa shape index (κ3) is 3.02. The first-order valence-electron chi connectivity index (χ1n) is 5.31. The molecule has 0 bridgehead atoms. The predicted octanol–water partition coefficient (Wildman–Crippen LogP) is 1.42. The molecular weight excluding hydrogens is 274 g/mol. The van der Waals surface area contributed by atoms with Crippen LogP contribution in [0.2, 0.25) is 0 Å². The number of hydrogen-bond acceptors (Lipinski definition) is 6. The Morgan fingerprint density at radius 1 is 1.26 bits per heavy atom. The van der Waals surface area contributed by atoms with Crippen molar-refractivity contribution in [1.29, 1.82) is 0 Å². The number of ether oxygens (including phenoxy) is 1. The molecule has 0 saturated heterocycles. The molecule has 0 unspecified atom stereocenters. The molecule has 0 heterocycles. The Labute approximate surface area is 117 Å². The second kappa shape index (κ2) is 5.99. The first-order chi connectivity index (χ1) is 8.23. The number of nitrogens with two attached hydrogens (primary N) is 1. The average Bonchev–Trinajstić information content (AvgIpc) is 2.34. The number of carbonyl (C=O) groups excluding carboxylic acids is 1. The van der Waals surface area contributed by atoms with Gasteiger partial charge in [-0.25, -0.2) is 0 Å². The molecule has 108 valence electrons. The van der Waals surface area contributed by atoms with Crippen molar-refractivity contribution >= 4 is 18.4 Å². The molecule has 1 aromatic carbocycles. The third-order valence-electron chi connectivity index (χ3n) is 2.99. The van der Waals surface area contributed by atoms with E-state index in [0.29, 0.717) is 0 Å². The van der Waals surface area contributed by atoms with Gasteiger partial charge in [-0.3, -0.25) is 4.79 Å². The van der Waals surface area contributed by atoms with E-state index in [1.54, 1.807) is 13.8 Å². The summed E-state index contributed by atoms with van der Waals surface area (Å²) in [5.74, 6) is -2.20. The Bertz CT molecular complexity index is 475. The molecular formula is C12H18ClNO5. The Hall–Kier alpha value is -1.66. The number of hydrogen-bond donors (Lipinski definition) is 4. The zero-order chi connectivity index (χ0) is 14.1. The molecule has 7 heteroatoms. The van der Waals surface area contributed by atoms with Crippen LogP contribution in [0.25, 0.3) is 0 Å². The molecule has 6 nitrogen and oxygen atoms in total. The number of benzene rings is 1. The Kier molecular flexibility index (Phi) is 5.46. The monoisotopic (exact) mass is 291 g/mol. The number of phenolic OH excluding ortho intramolecular Hbond substituents is 3. The van der Waals surface area contributed by atoms with Crippen LogP contribution in [-0.2, 0) is 9.53 Å². The maximum absolute atomic E-state index is 11.6. The summed E-state index contributed by atoms with van der Waals surface area (Å²) in [6.07, 6.45) is 0. The number of halogens is 1. The molecule has 1 aromatic rings. The van der Waals surface area contributed by atoms with Gasteiger partial charge in [0.1, 0.15) is 0 Å². The van der Waals surface area contributed by atoms with Gasteiger partial charge in [0, 0.05) is 11.6 Å². The van der Waals surface area contributed by atoms with Crippen molar-refractivity contribution in [1.82, 2.24) is 0 Å². The molecule has 5 N–H and O–H groups in total. The molecule has 0 aliphatic carbocycles. The van der Waals surface area contributed by atoms with Crippen LogP contribution < -0.4 is 5.73 Å². The lowest BCUT2D eigenvalue weighted by Gasteiger charge is -2.29. The van der Waals surface area contributed by atoms with E-state index in [0.717, 1.165) is 0 Å². The second-order valence-electron chi connectivity index (χ2n) is 4.56. The fourth-order valence-electron chi connectivity index (χ4n) is 1.61. The molecule has 1 rings (SSSR count). The summed E-state index contributed by atoms with van der Waals surface area (Å²) < 4.78 is 4.64. The molecule has 19 heavy (non-hydrogen) atoms. The van der Waals surface area contributed by atoms with Gasteiger partial charge >= 0.3 is 5.97 Å². The lowest BCUT2D eigenvalue weighted by molar-refractivity contribution is -0.152. The van der Waals surface area contributed by atoms with Gasteiger partial charge in [0.15, 0.2) is 11.5 Å². The molecule has 0 aliphatic heterocycles. The normalized spacial score (nSPS) is 12.4. The molecule has 1 atom stereocenters. The van der Waals surface area contributed by atoms with Crippen molar-refractivity contribution in [2.45, 2.75) is 19.9 Å². The van der Waals surface area contributed by atoms with E-state index in [1.807, 2.05) is 0 Å². The van der Waals surface area contributed by atoms with Crippen LogP contribution in [0.3, 0.4) is 0 Å². The van der Waals surface area contributed by atoms with Gasteiger partial charge in [0.25, 0.3) is 0 Å². The lowest BCUT2D eigenvalue weighted by Crippen LogP contribution is -2.37. The molecule has 0 aliphatic rings.